The molecule has 0 aromatic carbocycles. The first-order valence-electron chi connectivity index (χ1n) is 4.37. The molecule has 0 aliphatic carbocycles. The van der Waals surface area contributed by atoms with Gasteiger partial charge in [-0.05, 0) is 22.4 Å². The van der Waals surface area contributed by atoms with Gasteiger partial charge < -0.3 is 0 Å². The van der Waals surface area contributed by atoms with Crippen LogP contribution in [0.15, 0.2) is 16.8 Å². The molecule has 0 saturated carbocycles. The van der Waals surface area contributed by atoms with Crippen molar-refractivity contribution < 1.29 is 13.2 Å². The molecule has 0 aliphatic heterocycles. The van der Waals surface area contributed by atoms with Gasteiger partial charge in [-0.3, -0.25) is 4.90 Å². The van der Waals surface area contributed by atoms with Crippen molar-refractivity contribution in [3.05, 3.63) is 22.4 Å². The highest BCUT2D eigenvalue weighted by Gasteiger charge is 2.30. The lowest BCUT2D eigenvalue weighted by Gasteiger charge is -2.22. The van der Waals surface area contributed by atoms with Gasteiger partial charge in [0.15, 0.2) is 0 Å². The summed E-state index contributed by atoms with van der Waals surface area (Å²) in [6.45, 7) is -0.0988. The summed E-state index contributed by atoms with van der Waals surface area (Å²) in [4.78, 5) is 1.39. The van der Waals surface area contributed by atoms with E-state index >= 15 is 0 Å². The van der Waals surface area contributed by atoms with Gasteiger partial charge in [-0.25, -0.2) is 0 Å². The van der Waals surface area contributed by atoms with Crippen LogP contribution in [-0.4, -0.2) is 29.5 Å². The Labute approximate surface area is 99.0 Å². The summed E-state index contributed by atoms with van der Waals surface area (Å²) in [6, 6.07) is 1.85. The number of hydrogen-bond acceptors (Lipinski definition) is 2. The summed E-state index contributed by atoms with van der Waals surface area (Å²) in [5, 5.41) is 4.29. The minimum Gasteiger partial charge on any atom is -0.290 e. The fourth-order valence-corrected chi connectivity index (χ4v) is 2.39. The molecule has 0 N–H and O–H groups in total. The maximum atomic E-state index is 12.2. The number of halogens is 4. The second-order valence-corrected chi connectivity index (χ2v) is 4.72. The molecule has 0 atom stereocenters. The van der Waals surface area contributed by atoms with Gasteiger partial charge in [0.25, 0.3) is 0 Å². The quantitative estimate of drug-likeness (QED) is 0.752. The van der Waals surface area contributed by atoms with Crippen LogP contribution in [0.5, 0.6) is 0 Å². The van der Waals surface area contributed by atoms with E-state index in [4.69, 9.17) is 0 Å². The number of thiophene rings is 1. The Hall–Kier alpha value is -0.0700. The minimum atomic E-state index is -4.13. The fraction of sp³-hybridized carbons (Fsp3) is 0.556. The van der Waals surface area contributed by atoms with E-state index in [2.05, 4.69) is 15.9 Å². The second-order valence-electron chi connectivity index (χ2n) is 3.15. The van der Waals surface area contributed by atoms with Gasteiger partial charge in [-0.2, -0.15) is 24.5 Å². The zero-order chi connectivity index (χ0) is 11.3. The van der Waals surface area contributed by atoms with E-state index in [1.54, 1.807) is 0 Å². The standard InChI is InChI=1S/C9H11BrF3NS/c10-2-3-14(7-9(11,12)13)5-8-1-4-15-6-8/h1,4,6H,2-3,5,7H2. The molecule has 86 valence electrons. The lowest BCUT2D eigenvalue weighted by atomic mass is 10.3. The molecule has 0 unspecified atom stereocenters. The van der Waals surface area contributed by atoms with Crippen molar-refractivity contribution in [2.24, 2.45) is 0 Å². The Morgan fingerprint density at radius 1 is 1.40 bits per heavy atom. The summed E-state index contributed by atoms with van der Waals surface area (Å²) < 4.78 is 36.6. The summed E-state index contributed by atoms with van der Waals surface area (Å²) >= 11 is 4.65. The van der Waals surface area contributed by atoms with Gasteiger partial charge >= 0.3 is 6.18 Å². The third kappa shape index (κ3) is 5.53. The average molecular weight is 302 g/mol. The molecule has 1 nitrogen and oxygen atoms in total. The number of alkyl halides is 4. The van der Waals surface area contributed by atoms with Crippen LogP contribution >= 0.6 is 27.3 Å². The molecular formula is C9H11BrF3NS. The largest absolute Gasteiger partial charge is 0.401 e. The molecule has 1 aromatic rings. The van der Waals surface area contributed by atoms with Gasteiger partial charge in [0.2, 0.25) is 0 Å². The number of nitrogens with zero attached hydrogens (tertiary/aromatic N) is 1. The predicted octanol–water partition coefficient (Wildman–Crippen LogP) is 3.51. The van der Waals surface area contributed by atoms with Gasteiger partial charge in [-0.15, -0.1) is 0 Å². The Bertz CT molecular complexity index is 273. The minimum absolute atomic E-state index is 0.356. The summed E-state index contributed by atoms with van der Waals surface area (Å²) in [5.41, 5.74) is 0.935. The van der Waals surface area contributed by atoms with Gasteiger partial charge in [0, 0.05) is 18.4 Å². The van der Waals surface area contributed by atoms with Crippen molar-refractivity contribution in [3.8, 4) is 0 Å². The molecule has 0 saturated heterocycles. The molecular weight excluding hydrogens is 291 g/mol. The monoisotopic (exact) mass is 301 g/mol. The maximum Gasteiger partial charge on any atom is 0.401 e. The third-order valence-electron chi connectivity index (χ3n) is 1.79. The van der Waals surface area contributed by atoms with E-state index in [-0.39, 0.29) is 0 Å². The lowest BCUT2D eigenvalue weighted by molar-refractivity contribution is -0.146. The molecule has 0 radical (unpaired) electrons. The van der Waals surface area contributed by atoms with Crippen molar-refractivity contribution in [3.63, 3.8) is 0 Å². The molecule has 0 bridgehead atoms. The van der Waals surface area contributed by atoms with Crippen molar-refractivity contribution >= 4 is 27.3 Å². The van der Waals surface area contributed by atoms with Crippen molar-refractivity contribution in [2.45, 2.75) is 12.7 Å². The van der Waals surface area contributed by atoms with Crippen LogP contribution in [0.2, 0.25) is 0 Å². The molecule has 1 heterocycles. The number of hydrogen-bond donors (Lipinski definition) is 0. The van der Waals surface area contributed by atoms with Crippen LogP contribution in [0.25, 0.3) is 0 Å². The first-order valence-corrected chi connectivity index (χ1v) is 6.44. The van der Waals surface area contributed by atoms with Gasteiger partial charge in [0.05, 0.1) is 6.54 Å². The zero-order valence-electron chi connectivity index (χ0n) is 7.93. The predicted molar refractivity (Wildman–Crippen MR) is 59.4 cm³/mol. The Morgan fingerprint density at radius 2 is 2.13 bits per heavy atom. The Kier molecular flexibility index (Phi) is 5.08. The smallest absolute Gasteiger partial charge is 0.290 e. The molecule has 15 heavy (non-hydrogen) atoms. The summed E-state index contributed by atoms with van der Waals surface area (Å²) in [5.74, 6) is 0. The van der Waals surface area contributed by atoms with Crippen molar-refractivity contribution in [1.29, 1.82) is 0 Å². The first kappa shape index (κ1) is 13.0. The van der Waals surface area contributed by atoms with E-state index in [9.17, 15) is 13.2 Å². The first-order chi connectivity index (χ1) is 7.01. The average Bonchev–Trinajstić information content (AvgIpc) is 2.54. The highest BCUT2D eigenvalue weighted by atomic mass is 79.9. The molecule has 0 fully saturated rings. The third-order valence-corrected chi connectivity index (χ3v) is 2.88. The maximum absolute atomic E-state index is 12.2. The van der Waals surface area contributed by atoms with Crippen molar-refractivity contribution in [1.82, 2.24) is 4.90 Å². The molecule has 6 heteroatoms. The van der Waals surface area contributed by atoms with E-state index in [0.717, 1.165) is 5.56 Å². The van der Waals surface area contributed by atoms with Crippen LogP contribution in [0.1, 0.15) is 5.56 Å². The summed E-state index contributed by atoms with van der Waals surface area (Å²) in [7, 11) is 0. The van der Waals surface area contributed by atoms with E-state index < -0.39 is 12.7 Å². The van der Waals surface area contributed by atoms with Crippen LogP contribution in [-0.2, 0) is 6.54 Å². The fourth-order valence-electron chi connectivity index (χ4n) is 1.23. The highest BCUT2D eigenvalue weighted by molar-refractivity contribution is 9.09. The van der Waals surface area contributed by atoms with Gasteiger partial charge in [0.1, 0.15) is 0 Å². The molecule has 0 amide bonds. The zero-order valence-corrected chi connectivity index (χ0v) is 10.3. The topological polar surface area (TPSA) is 3.24 Å². The number of rotatable bonds is 5. The SMILES string of the molecule is FC(F)(F)CN(CCBr)Cc1ccsc1. The molecule has 0 spiro atoms. The van der Waals surface area contributed by atoms with Crippen LogP contribution < -0.4 is 0 Å². The lowest BCUT2D eigenvalue weighted by Crippen LogP contribution is -2.34. The summed E-state index contributed by atoms with van der Waals surface area (Å²) in [6.07, 6.45) is -4.13. The van der Waals surface area contributed by atoms with Crippen LogP contribution in [0.3, 0.4) is 0 Å². The molecule has 1 aromatic heterocycles. The van der Waals surface area contributed by atoms with Crippen LogP contribution in [0.4, 0.5) is 13.2 Å². The van der Waals surface area contributed by atoms with Gasteiger partial charge in [-0.1, -0.05) is 15.9 Å². The highest BCUT2D eigenvalue weighted by Crippen LogP contribution is 2.18. The molecule has 0 aliphatic rings. The second kappa shape index (κ2) is 5.86. The molecule has 1 rings (SSSR count). The van der Waals surface area contributed by atoms with Crippen LogP contribution in [0, 0.1) is 0 Å². The normalized spacial score (nSPS) is 12.3. The Morgan fingerprint density at radius 3 is 2.60 bits per heavy atom. The van der Waals surface area contributed by atoms with E-state index in [0.29, 0.717) is 18.4 Å². The Balaban J connectivity index is 2.51. The van der Waals surface area contributed by atoms with Crippen molar-refractivity contribution in [2.75, 3.05) is 18.4 Å². The van der Waals surface area contributed by atoms with E-state index in [1.165, 1.54) is 16.2 Å². The van der Waals surface area contributed by atoms with E-state index in [1.807, 2.05) is 16.8 Å².